The lowest BCUT2D eigenvalue weighted by Gasteiger charge is -2.15. The van der Waals surface area contributed by atoms with Gasteiger partial charge in [-0.15, -0.1) is 0 Å². The fourth-order valence-corrected chi connectivity index (χ4v) is 2.85. The minimum absolute atomic E-state index is 0.693. The van der Waals surface area contributed by atoms with E-state index in [1.807, 2.05) is 6.07 Å². The van der Waals surface area contributed by atoms with Crippen molar-refractivity contribution in [2.24, 2.45) is 0 Å². The van der Waals surface area contributed by atoms with E-state index in [2.05, 4.69) is 22.6 Å². The van der Waals surface area contributed by atoms with E-state index in [4.69, 9.17) is 9.26 Å². The summed E-state index contributed by atoms with van der Waals surface area (Å²) < 4.78 is 10.9. The standard InChI is InChI=1S/C16H18N2O2/c1-19-12-6-2-10-3-7-13-15(9-17-11-4-5-11)18-20-16(13)14(10)8-12/h2,6,8,11,17H,3-5,7,9H2,1H3. The fourth-order valence-electron chi connectivity index (χ4n) is 2.85. The Hall–Kier alpha value is -1.81. The summed E-state index contributed by atoms with van der Waals surface area (Å²) in [5, 5.41) is 7.78. The summed E-state index contributed by atoms with van der Waals surface area (Å²) in [6.45, 7) is 0.822. The van der Waals surface area contributed by atoms with Crippen molar-refractivity contribution in [3.63, 3.8) is 0 Å². The third-order valence-electron chi connectivity index (χ3n) is 4.21. The fraction of sp³-hybridized carbons (Fsp3) is 0.438. The van der Waals surface area contributed by atoms with Crippen molar-refractivity contribution in [1.29, 1.82) is 0 Å². The predicted molar refractivity (Wildman–Crippen MR) is 75.8 cm³/mol. The number of hydrogen-bond donors (Lipinski definition) is 1. The maximum absolute atomic E-state index is 5.62. The number of hydrogen-bond acceptors (Lipinski definition) is 4. The number of aryl methyl sites for hydroxylation is 1. The molecule has 0 aliphatic heterocycles. The predicted octanol–water partition coefficient (Wildman–Crippen LogP) is 2.70. The van der Waals surface area contributed by atoms with Gasteiger partial charge in [-0.25, -0.2) is 0 Å². The number of aromatic nitrogens is 1. The molecule has 2 aliphatic rings. The maximum Gasteiger partial charge on any atom is 0.170 e. The van der Waals surface area contributed by atoms with Crippen molar-refractivity contribution in [1.82, 2.24) is 10.5 Å². The summed E-state index contributed by atoms with van der Waals surface area (Å²) in [6, 6.07) is 6.88. The molecule has 2 aliphatic carbocycles. The SMILES string of the molecule is COc1ccc2c(c1)-c1onc(CNC3CC3)c1CC2. The van der Waals surface area contributed by atoms with E-state index >= 15 is 0 Å². The number of nitrogens with one attached hydrogen (secondary N) is 1. The van der Waals surface area contributed by atoms with Crippen LogP contribution in [0, 0.1) is 0 Å². The molecule has 0 saturated heterocycles. The Morgan fingerprint density at radius 1 is 1.35 bits per heavy atom. The molecule has 1 saturated carbocycles. The highest BCUT2D eigenvalue weighted by Gasteiger charge is 2.26. The van der Waals surface area contributed by atoms with Crippen LogP contribution in [0.4, 0.5) is 0 Å². The van der Waals surface area contributed by atoms with E-state index in [-0.39, 0.29) is 0 Å². The Morgan fingerprint density at radius 2 is 2.25 bits per heavy atom. The van der Waals surface area contributed by atoms with Crippen molar-refractivity contribution in [3.05, 3.63) is 35.0 Å². The molecule has 1 N–H and O–H groups in total. The lowest BCUT2D eigenvalue weighted by molar-refractivity contribution is 0.410. The van der Waals surface area contributed by atoms with Crippen LogP contribution in [-0.4, -0.2) is 18.3 Å². The van der Waals surface area contributed by atoms with Gasteiger partial charge in [0.15, 0.2) is 5.76 Å². The quantitative estimate of drug-likeness (QED) is 0.928. The molecule has 0 amide bonds. The summed E-state index contributed by atoms with van der Waals surface area (Å²) >= 11 is 0. The Morgan fingerprint density at radius 3 is 3.05 bits per heavy atom. The highest BCUT2D eigenvalue weighted by Crippen LogP contribution is 2.37. The van der Waals surface area contributed by atoms with Gasteiger partial charge in [0, 0.05) is 23.7 Å². The normalized spacial score (nSPS) is 16.6. The summed E-state index contributed by atoms with van der Waals surface area (Å²) in [7, 11) is 1.69. The molecule has 1 heterocycles. The van der Waals surface area contributed by atoms with Crippen LogP contribution in [0.25, 0.3) is 11.3 Å². The molecule has 104 valence electrons. The first kappa shape index (κ1) is 12.0. The lowest BCUT2D eigenvalue weighted by atomic mass is 9.89. The zero-order valence-corrected chi connectivity index (χ0v) is 11.6. The molecule has 2 aromatic rings. The summed E-state index contributed by atoms with van der Waals surface area (Å²) in [4.78, 5) is 0. The van der Waals surface area contributed by atoms with Gasteiger partial charge < -0.3 is 14.6 Å². The highest BCUT2D eigenvalue weighted by atomic mass is 16.5. The molecule has 4 heteroatoms. The molecule has 4 nitrogen and oxygen atoms in total. The molecule has 20 heavy (non-hydrogen) atoms. The zero-order chi connectivity index (χ0) is 13.5. The number of rotatable bonds is 4. The van der Waals surface area contributed by atoms with E-state index in [1.165, 1.54) is 24.0 Å². The molecule has 0 atom stereocenters. The van der Waals surface area contributed by atoms with Crippen LogP contribution in [0.5, 0.6) is 5.75 Å². The van der Waals surface area contributed by atoms with Crippen LogP contribution in [0.15, 0.2) is 22.7 Å². The summed E-state index contributed by atoms with van der Waals surface area (Å²) in [5.41, 5.74) is 4.78. The minimum atomic E-state index is 0.693. The Labute approximate surface area is 118 Å². The third-order valence-corrected chi connectivity index (χ3v) is 4.21. The topological polar surface area (TPSA) is 47.3 Å². The minimum Gasteiger partial charge on any atom is -0.497 e. The number of nitrogens with zero attached hydrogens (tertiary/aromatic N) is 1. The number of benzene rings is 1. The van der Waals surface area contributed by atoms with E-state index < -0.39 is 0 Å². The van der Waals surface area contributed by atoms with E-state index in [1.54, 1.807) is 7.11 Å². The second kappa shape index (κ2) is 4.63. The average Bonchev–Trinajstić information content (AvgIpc) is 3.23. The molecular weight excluding hydrogens is 252 g/mol. The van der Waals surface area contributed by atoms with Gasteiger partial charge in [-0.1, -0.05) is 11.2 Å². The molecule has 4 rings (SSSR count). The van der Waals surface area contributed by atoms with E-state index in [0.717, 1.165) is 42.2 Å². The first-order chi connectivity index (χ1) is 9.85. The molecule has 0 radical (unpaired) electrons. The van der Waals surface area contributed by atoms with Crippen molar-refractivity contribution < 1.29 is 9.26 Å². The average molecular weight is 270 g/mol. The first-order valence-electron chi connectivity index (χ1n) is 7.23. The van der Waals surface area contributed by atoms with Gasteiger partial charge >= 0.3 is 0 Å². The smallest absolute Gasteiger partial charge is 0.170 e. The largest absolute Gasteiger partial charge is 0.497 e. The monoisotopic (exact) mass is 270 g/mol. The van der Waals surface area contributed by atoms with Gasteiger partial charge in [-0.05, 0) is 43.4 Å². The van der Waals surface area contributed by atoms with Gasteiger partial charge in [0.05, 0.1) is 7.11 Å². The van der Waals surface area contributed by atoms with Crippen molar-refractivity contribution in [2.45, 2.75) is 38.3 Å². The lowest BCUT2D eigenvalue weighted by Crippen LogP contribution is -2.17. The van der Waals surface area contributed by atoms with Gasteiger partial charge in [0.2, 0.25) is 0 Å². The van der Waals surface area contributed by atoms with Crippen LogP contribution in [-0.2, 0) is 19.4 Å². The van der Waals surface area contributed by atoms with Crippen molar-refractivity contribution >= 4 is 0 Å². The maximum atomic E-state index is 5.62. The second-order valence-electron chi connectivity index (χ2n) is 5.62. The number of fused-ring (bicyclic) bond motifs is 3. The van der Waals surface area contributed by atoms with Crippen LogP contribution >= 0.6 is 0 Å². The van der Waals surface area contributed by atoms with Crippen LogP contribution < -0.4 is 10.1 Å². The molecule has 0 spiro atoms. The van der Waals surface area contributed by atoms with Gasteiger partial charge in [0.25, 0.3) is 0 Å². The zero-order valence-electron chi connectivity index (χ0n) is 11.6. The third kappa shape index (κ3) is 2.00. The van der Waals surface area contributed by atoms with E-state index in [0.29, 0.717) is 6.04 Å². The molecule has 1 fully saturated rings. The van der Waals surface area contributed by atoms with Gasteiger partial charge in [-0.2, -0.15) is 0 Å². The second-order valence-corrected chi connectivity index (χ2v) is 5.62. The van der Waals surface area contributed by atoms with Crippen LogP contribution in [0.1, 0.15) is 29.7 Å². The summed E-state index contributed by atoms with van der Waals surface area (Å²) in [5.74, 6) is 1.79. The van der Waals surface area contributed by atoms with Gasteiger partial charge in [0.1, 0.15) is 11.4 Å². The Kier molecular flexibility index (Phi) is 2.77. The Bertz CT molecular complexity index is 644. The molecule has 0 bridgehead atoms. The number of ether oxygens (including phenoxy) is 1. The Balaban J connectivity index is 1.68. The van der Waals surface area contributed by atoms with Crippen molar-refractivity contribution in [2.75, 3.05) is 7.11 Å². The number of methoxy groups -OCH3 is 1. The summed E-state index contributed by atoms with van der Waals surface area (Å²) in [6.07, 6.45) is 4.64. The van der Waals surface area contributed by atoms with E-state index in [9.17, 15) is 0 Å². The molecule has 0 unspecified atom stereocenters. The van der Waals surface area contributed by atoms with Crippen LogP contribution in [0.2, 0.25) is 0 Å². The molecule has 1 aromatic heterocycles. The first-order valence-corrected chi connectivity index (χ1v) is 7.23. The molecular formula is C16H18N2O2. The highest BCUT2D eigenvalue weighted by molar-refractivity contribution is 5.70. The van der Waals surface area contributed by atoms with Gasteiger partial charge in [-0.3, -0.25) is 0 Å². The van der Waals surface area contributed by atoms with Crippen molar-refractivity contribution in [3.8, 4) is 17.1 Å². The molecule has 1 aromatic carbocycles. The van der Waals surface area contributed by atoms with Crippen LogP contribution in [0.3, 0.4) is 0 Å².